The van der Waals surface area contributed by atoms with Gasteiger partial charge in [-0.05, 0) is 25.3 Å². The minimum Gasteiger partial charge on any atom is -0.486 e. The summed E-state index contributed by atoms with van der Waals surface area (Å²) in [4.78, 5) is 8.20. The second-order valence-corrected chi connectivity index (χ2v) is 5.67. The lowest BCUT2D eigenvalue weighted by atomic mass is 9.96. The number of fused-ring (bicyclic) bond motifs is 2. The summed E-state index contributed by atoms with van der Waals surface area (Å²) in [5.74, 6) is 3.68. The highest BCUT2D eigenvalue weighted by atomic mass is 16.6. The van der Waals surface area contributed by atoms with Gasteiger partial charge >= 0.3 is 0 Å². The Kier molecular flexibility index (Phi) is 2.80. The van der Waals surface area contributed by atoms with Crippen LogP contribution in [0.2, 0.25) is 0 Å². The third-order valence-corrected chi connectivity index (χ3v) is 4.48. The van der Waals surface area contributed by atoms with Crippen LogP contribution < -0.4 is 15.2 Å². The van der Waals surface area contributed by atoms with Gasteiger partial charge in [0, 0.05) is 18.1 Å². The number of hydrogen-bond acceptors (Lipinski definition) is 4. The van der Waals surface area contributed by atoms with Crippen molar-refractivity contribution in [3.63, 3.8) is 0 Å². The molecule has 0 bridgehead atoms. The Hall–Kier alpha value is -1.75. The van der Waals surface area contributed by atoms with E-state index in [1.807, 2.05) is 12.1 Å². The molecule has 5 heteroatoms. The van der Waals surface area contributed by atoms with Gasteiger partial charge in [-0.15, -0.1) is 0 Å². The maximum atomic E-state index is 5.87. The Balaban J connectivity index is 1.75. The van der Waals surface area contributed by atoms with Crippen LogP contribution in [0.25, 0.3) is 11.0 Å². The van der Waals surface area contributed by atoms with Crippen LogP contribution in [0, 0.1) is 5.92 Å². The van der Waals surface area contributed by atoms with Crippen molar-refractivity contribution in [1.82, 2.24) is 9.97 Å². The number of benzene rings is 1. The summed E-state index contributed by atoms with van der Waals surface area (Å²) in [5, 5.41) is 0. The van der Waals surface area contributed by atoms with E-state index >= 15 is 0 Å². The Morgan fingerprint density at radius 3 is 2.80 bits per heavy atom. The molecule has 3 N–H and O–H groups in total. The summed E-state index contributed by atoms with van der Waals surface area (Å²) in [7, 11) is 0. The number of imidazole rings is 1. The average molecular weight is 273 g/mol. The number of aromatic amines is 1. The largest absolute Gasteiger partial charge is 0.486 e. The van der Waals surface area contributed by atoms with Gasteiger partial charge in [-0.2, -0.15) is 0 Å². The molecule has 0 saturated heterocycles. The van der Waals surface area contributed by atoms with Gasteiger partial charge in [-0.25, -0.2) is 4.98 Å². The topological polar surface area (TPSA) is 73.2 Å². The minimum absolute atomic E-state index is 0.464. The van der Waals surface area contributed by atoms with E-state index in [2.05, 4.69) is 4.98 Å². The first-order valence-corrected chi connectivity index (χ1v) is 7.34. The van der Waals surface area contributed by atoms with Crippen LogP contribution in [0.3, 0.4) is 0 Å². The van der Waals surface area contributed by atoms with Crippen molar-refractivity contribution >= 4 is 11.0 Å². The fourth-order valence-corrected chi connectivity index (χ4v) is 3.42. The van der Waals surface area contributed by atoms with E-state index in [1.165, 1.54) is 19.3 Å². The van der Waals surface area contributed by atoms with Crippen molar-refractivity contribution in [2.45, 2.75) is 25.2 Å². The fourth-order valence-electron chi connectivity index (χ4n) is 3.42. The molecule has 0 amide bonds. The Bertz CT molecular complexity index is 594. The zero-order valence-electron chi connectivity index (χ0n) is 11.4. The molecule has 2 atom stereocenters. The predicted octanol–water partition coefficient (Wildman–Crippen LogP) is 2.18. The molecule has 1 aliphatic heterocycles. The minimum atomic E-state index is 0.464. The summed E-state index contributed by atoms with van der Waals surface area (Å²) >= 11 is 0. The number of nitrogens with two attached hydrogens (primary N) is 1. The summed E-state index contributed by atoms with van der Waals surface area (Å²) < 4.78 is 11.2. The van der Waals surface area contributed by atoms with Gasteiger partial charge in [0.05, 0.1) is 11.0 Å². The molecule has 106 valence electrons. The molecule has 2 heterocycles. The third-order valence-electron chi connectivity index (χ3n) is 4.48. The highest BCUT2D eigenvalue weighted by Crippen LogP contribution is 2.40. The van der Waals surface area contributed by atoms with E-state index in [9.17, 15) is 0 Å². The third kappa shape index (κ3) is 1.85. The van der Waals surface area contributed by atoms with Crippen molar-refractivity contribution in [3.8, 4) is 11.5 Å². The second kappa shape index (κ2) is 4.66. The van der Waals surface area contributed by atoms with Gasteiger partial charge in [0.1, 0.15) is 19.0 Å². The summed E-state index contributed by atoms with van der Waals surface area (Å²) in [6.45, 7) is 1.95. The predicted molar refractivity (Wildman–Crippen MR) is 76.2 cm³/mol. The average Bonchev–Trinajstić information content (AvgIpc) is 3.10. The van der Waals surface area contributed by atoms with E-state index < -0.39 is 0 Å². The van der Waals surface area contributed by atoms with E-state index in [0.29, 0.717) is 25.0 Å². The van der Waals surface area contributed by atoms with Crippen LogP contribution in [0.1, 0.15) is 31.0 Å². The van der Waals surface area contributed by atoms with Gasteiger partial charge in [0.15, 0.2) is 11.5 Å². The van der Waals surface area contributed by atoms with Crippen LogP contribution in [0.15, 0.2) is 12.1 Å². The molecule has 0 radical (unpaired) electrons. The van der Waals surface area contributed by atoms with E-state index in [0.717, 1.165) is 34.9 Å². The first-order chi connectivity index (χ1) is 9.85. The number of ether oxygens (including phenoxy) is 2. The molecule has 1 fully saturated rings. The maximum Gasteiger partial charge on any atom is 0.163 e. The normalized spacial score (nSPS) is 25.2. The van der Waals surface area contributed by atoms with Crippen LogP contribution in [-0.4, -0.2) is 29.7 Å². The van der Waals surface area contributed by atoms with Crippen LogP contribution in [0.4, 0.5) is 0 Å². The lowest BCUT2D eigenvalue weighted by Crippen LogP contribution is -2.17. The number of nitrogens with one attached hydrogen (secondary N) is 1. The number of H-pyrrole nitrogens is 1. The second-order valence-electron chi connectivity index (χ2n) is 5.67. The smallest absolute Gasteiger partial charge is 0.163 e. The van der Waals surface area contributed by atoms with E-state index in [1.54, 1.807) is 0 Å². The maximum absolute atomic E-state index is 5.87. The molecule has 1 aromatic heterocycles. The summed E-state index contributed by atoms with van der Waals surface area (Å²) in [6, 6.07) is 3.96. The number of aromatic nitrogens is 2. The van der Waals surface area contributed by atoms with Crippen molar-refractivity contribution in [1.29, 1.82) is 0 Å². The Morgan fingerprint density at radius 2 is 2.00 bits per heavy atom. The lowest BCUT2D eigenvalue weighted by Gasteiger charge is -2.17. The SMILES string of the molecule is NCC1CCCC1c1nc2cc3c(cc2[nH]1)OCCO3. The van der Waals surface area contributed by atoms with Crippen molar-refractivity contribution in [2.24, 2.45) is 11.7 Å². The molecule has 2 unspecified atom stereocenters. The molecule has 0 spiro atoms. The standard InChI is InChI=1S/C15H19N3O2/c16-8-9-2-1-3-10(9)15-17-11-6-13-14(7-12(11)18-15)20-5-4-19-13/h6-7,9-10H,1-5,8,16H2,(H,17,18). The highest BCUT2D eigenvalue weighted by molar-refractivity contribution is 5.80. The van der Waals surface area contributed by atoms with Crippen LogP contribution in [-0.2, 0) is 0 Å². The van der Waals surface area contributed by atoms with Gasteiger partial charge in [0.25, 0.3) is 0 Å². The van der Waals surface area contributed by atoms with Crippen molar-refractivity contribution < 1.29 is 9.47 Å². The highest BCUT2D eigenvalue weighted by Gasteiger charge is 2.30. The molecular formula is C15H19N3O2. The number of rotatable bonds is 2. The molecular weight excluding hydrogens is 254 g/mol. The quantitative estimate of drug-likeness (QED) is 0.879. The van der Waals surface area contributed by atoms with Crippen LogP contribution in [0.5, 0.6) is 11.5 Å². The van der Waals surface area contributed by atoms with Crippen molar-refractivity contribution in [2.75, 3.05) is 19.8 Å². The van der Waals surface area contributed by atoms with E-state index in [4.69, 9.17) is 20.2 Å². The first kappa shape index (κ1) is 12.0. The Morgan fingerprint density at radius 1 is 1.20 bits per heavy atom. The zero-order chi connectivity index (χ0) is 13.5. The molecule has 5 nitrogen and oxygen atoms in total. The molecule has 20 heavy (non-hydrogen) atoms. The van der Waals surface area contributed by atoms with Crippen molar-refractivity contribution in [3.05, 3.63) is 18.0 Å². The van der Waals surface area contributed by atoms with E-state index in [-0.39, 0.29) is 0 Å². The lowest BCUT2D eigenvalue weighted by molar-refractivity contribution is 0.172. The molecule has 1 aliphatic carbocycles. The zero-order valence-corrected chi connectivity index (χ0v) is 11.4. The number of hydrogen-bond donors (Lipinski definition) is 2. The van der Waals surface area contributed by atoms with Gasteiger partial charge in [-0.1, -0.05) is 6.42 Å². The molecule has 1 aromatic carbocycles. The summed E-state index contributed by atoms with van der Waals surface area (Å²) in [5.41, 5.74) is 7.84. The first-order valence-electron chi connectivity index (χ1n) is 7.34. The van der Waals surface area contributed by atoms with Gasteiger partial charge in [-0.3, -0.25) is 0 Å². The summed E-state index contributed by atoms with van der Waals surface area (Å²) in [6.07, 6.45) is 3.63. The molecule has 4 rings (SSSR count). The van der Waals surface area contributed by atoms with Gasteiger partial charge in [0.2, 0.25) is 0 Å². The fraction of sp³-hybridized carbons (Fsp3) is 0.533. The monoisotopic (exact) mass is 273 g/mol. The Labute approximate surface area is 117 Å². The molecule has 1 saturated carbocycles. The van der Waals surface area contributed by atoms with Crippen LogP contribution >= 0.6 is 0 Å². The molecule has 2 aromatic rings. The molecule has 2 aliphatic rings. The van der Waals surface area contributed by atoms with Gasteiger partial charge < -0.3 is 20.2 Å². The number of nitrogens with zero attached hydrogens (tertiary/aromatic N) is 1.